The summed E-state index contributed by atoms with van der Waals surface area (Å²) in [6.07, 6.45) is 0.522. The highest BCUT2D eigenvalue weighted by Gasteiger charge is 2.45. The van der Waals surface area contributed by atoms with E-state index in [1.165, 1.54) is 43.3 Å². The Kier molecular flexibility index (Phi) is 7.73. The first-order chi connectivity index (χ1) is 15.6. The fourth-order valence-electron chi connectivity index (χ4n) is 3.63. The van der Waals surface area contributed by atoms with Crippen LogP contribution < -0.4 is 0 Å². The monoisotopic (exact) mass is 536 g/mol. The Hall–Kier alpha value is -2.53. The first kappa shape index (κ1) is 25.1. The van der Waals surface area contributed by atoms with E-state index in [2.05, 4.69) is 15.9 Å². The molecule has 0 bridgehead atoms. The molecule has 0 aliphatic carbocycles. The van der Waals surface area contributed by atoms with E-state index in [0.29, 0.717) is 18.6 Å². The van der Waals surface area contributed by atoms with Crippen LogP contribution in [0.4, 0.5) is 0 Å². The molecule has 1 N–H and O–H groups in total. The number of carbonyl (C=O) groups excluding carboxylic acids is 2. The van der Waals surface area contributed by atoms with Gasteiger partial charge in [0.05, 0.1) is 16.5 Å². The van der Waals surface area contributed by atoms with Gasteiger partial charge in [-0.1, -0.05) is 28.1 Å². The van der Waals surface area contributed by atoms with E-state index in [0.717, 1.165) is 8.78 Å². The second-order valence-corrected chi connectivity index (χ2v) is 10.8. The number of methoxy groups -OCH3 is 1. The minimum absolute atomic E-state index is 0.0389. The second-order valence-electron chi connectivity index (χ2n) is 7.70. The minimum Gasteiger partial charge on any atom is -0.507 e. The van der Waals surface area contributed by atoms with E-state index >= 15 is 0 Å². The molecule has 0 spiro atoms. The number of carbonyl (C=O) groups is 2. The number of ether oxygens (including phenoxy) is 1. The second kappa shape index (κ2) is 10.2. The van der Waals surface area contributed by atoms with Gasteiger partial charge in [-0.3, -0.25) is 9.59 Å². The lowest BCUT2D eigenvalue weighted by Gasteiger charge is -2.25. The zero-order valence-electron chi connectivity index (χ0n) is 18.5. The van der Waals surface area contributed by atoms with Crippen LogP contribution in [0.5, 0.6) is 0 Å². The average molecular weight is 537 g/mol. The van der Waals surface area contributed by atoms with Crippen molar-refractivity contribution in [1.29, 1.82) is 0 Å². The van der Waals surface area contributed by atoms with Crippen molar-refractivity contribution < 1.29 is 27.9 Å². The molecular weight excluding hydrogens is 512 g/mol. The molecule has 33 heavy (non-hydrogen) atoms. The lowest BCUT2D eigenvalue weighted by molar-refractivity contribution is -0.140. The lowest BCUT2D eigenvalue weighted by Crippen LogP contribution is -2.31. The first-order valence-corrected chi connectivity index (χ1v) is 12.4. The van der Waals surface area contributed by atoms with Gasteiger partial charge in [-0.05, 0) is 48.4 Å². The zero-order chi connectivity index (χ0) is 24.3. The molecule has 2 aromatic carbocycles. The molecule has 1 saturated heterocycles. The molecule has 1 heterocycles. The number of rotatable bonds is 8. The summed E-state index contributed by atoms with van der Waals surface area (Å²) in [6.45, 7) is 0.688. The summed E-state index contributed by atoms with van der Waals surface area (Å²) in [6, 6.07) is 11.9. The van der Waals surface area contributed by atoms with E-state index in [1.807, 2.05) is 0 Å². The highest BCUT2D eigenvalue weighted by molar-refractivity contribution is 9.10. The van der Waals surface area contributed by atoms with Gasteiger partial charge in [-0.15, -0.1) is 0 Å². The molecule has 176 valence electrons. The van der Waals surface area contributed by atoms with Crippen LogP contribution in [0.2, 0.25) is 0 Å². The molecule has 1 amide bonds. The molecule has 1 fully saturated rings. The summed E-state index contributed by atoms with van der Waals surface area (Å²) in [7, 11) is 0.755. The minimum atomic E-state index is -3.65. The van der Waals surface area contributed by atoms with Crippen LogP contribution in [0.15, 0.2) is 63.5 Å². The van der Waals surface area contributed by atoms with Crippen molar-refractivity contribution in [2.75, 3.05) is 34.4 Å². The van der Waals surface area contributed by atoms with Gasteiger partial charge in [0, 0.05) is 44.4 Å². The average Bonchev–Trinajstić information content (AvgIpc) is 3.04. The predicted octanol–water partition coefficient (Wildman–Crippen LogP) is 3.16. The Labute approximate surface area is 201 Å². The summed E-state index contributed by atoms with van der Waals surface area (Å²) in [5, 5.41) is 11.1. The maximum Gasteiger partial charge on any atom is 0.295 e. The number of nitrogens with zero attached hydrogens (tertiary/aromatic N) is 2. The van der Waals surface area contributed by atoms with Gasteiger partial charge in [0.25, 0.3) is 11.7 Å². The van der Waals surface area contributed by atoms with Crippen molar-refractivity contribution in [3.63, 3.8) is 0 Å². The van der Waals surface area contributed by atoms with Crippen molar-refractivity contribution in [1.82, 2.24) is 9.21 Å². The summed E-state index contributed by atoms with van der Waals surface area (Å²) >= 11 is 3.38. The maximum absolute atomic E-state index is 13.0. The van der Waals surface area contributed by atoms with Gasteiger partial charge in [0.15, 0.2) is 0 Å². The molecule has 0 radical (unpaired) electrons. The van der Waals surface area contributed by atoms with Crippen molar-refractivity contribution in [3.8, 4) is 0 Å². The molecule has 1 aliphatic rings. The van der Waals surface area contributed by atoms with Crippen LogP contribution in [0.25, 0.3) is 5.76 Å². The third-order valence-corrected chi connectivity index (χ3v) is 7.74. The van der Waals surface area contributed by atoms with E-state index in [4.69, 9.17) is 4.74 Å². The highest BCUT2D eigenvalue weighted by atomic mass is 79.9. The Balaban J connectivity index is 2.09. The zero-order valence-corrected chi connectivity index (χ0v) is 20.9. The van der Waals surface area contributed by atoms with Gasteiger partial charge in [-0.2, -0.15) is 0 Å². The van der Waals surface area contributed by atoms with Gasteiger partial charge >= 0.3 is 0 Å². The van der Waals surface area contributed by atoms with Crippen LogP contribution in [-0.2, 0) is 24.3 Å². The van der Waals surface area contributed by atoms with Gasteiger partial charge in [0.1, 0.15) is 5.76 Å². The number of ketones is 1. The first-order valence-electron chi connectivity index (χ1n) is 10.2. The quantitative estimate of drug-likeness (QED) is 0.240. The highest BCUT2D eigenvalue weighted by Crippen LogP contribution is 2.39. The Morgan fingerprint density at radius 1 is 1.09 bits per heavy atom. The van der Waals surface area contributed by atoms with Crippen LogP contribution in [-0.4, -0.2) is 68.8 Å². The molecule has 2 aromatic rings. The van der Waals surface area contributed by atoms with Crippen LogP contribution in [0.3, 0.4) is 0 Å². The molecule has 1 aliphatic heterocycles. The third kappa shape index (κ3) is 5.03. The predicted molar refractivity (Wildman–Crippen MR) is 127 cm³/mol. The number of benzene rings is 2. The molecule has 1 unspecified atom stereocenters. The number of aliphatic hydroxyl groups is 1. The molecular formula is C23H25BrN2O6S. The Morgan fingerprint density at radius 3 is 2.24 bits per heavy atom. The molecule has 8 nitrogen and oxygen atoms in total. The Morgan fingerprint density at radius 2 is 1.70 bits per heavy atom. The van der Waals surface area contributed by atoms with E-state index in [-0.39, 0.29) is 28.3 Å². The number of likely N-dealkylation sites (tertiary alicyclic amines) is 1. The fourth-order valence-corrected chi connectivity index (χ4v) is 4.80. The number of aliphatic hydroxyl groups excluding tert-OH is 1. The van der Waals surface area contributed by atoms with E-state index in [1.54, 1.807) is 31.4 Å². The number of hydrogen-bond donors (Lipinski definition) is 1. The van der Waals surface area contributed by atoms with Gasteiger partial charge in [-0.25, -0.2) is 12.7 Å². The number of amides is 1. The summed E-state index contributed by atoms with van der Waals surface area (Å²) in [4.78, 5) is 27.3. The normalized spacial score (nSPS) is 18.3. The van der Waals surface area contributed by atoms with E-state index < -0.39 is 27.8 Å². The Bertz CT molecular complexity index is 1170. The fraction of sp³-hybridized carbons (Fsp3) is 0.304. The van der Waals surface area contributed by atoms with Gasteiger partial charge in [0.2, 0.25) is 10.0 Å². The van der Waals surface area contributed by atoms with Crippen molar-refractivity contribution >= 4 is 43.4 Å². The van der Waals surface area contributed by atoms with Crippen molar-refractivity contribution in [3.05, 3.63) is 69.7 Å². The molecule has 0 aromatic heterocycles. The summed E-state index contributed by atoms with van der Waals surface area (Å²) in [5.41, 5.74) is 0.871. The van der Waals surface area contributed by atoms with Crippen LogP contribution >= 0.6 is 15.9 Å². The van der Waals surface area contributed by atoms with Crippen LogP contribution in [0.1, 0.15) is 23.6 Å². The number of Topliss-reactive ketones (excluding diaryl/α,β-unsaturated/α-hetero) is 1. The molecule has 0 saturated carbocycles. The number of halogens is 1. The SMILES string of the molecule is COCCCN1C(=O)C(=O)/C(=C(\O)c2ccc(S(=O)(=O)N(C)C)cc2)C1c1ccc(Br)cc1. The van der Waals surface area contributed by atoms with Crippen molar-refractivity contribution in [2.45, 2.75) is 17.4 Å². The summed E-state index contributed by atoms with van der Waals surface area (Å²) in [5.74, 6) is -1.85. The summed E-state index contributed by atoms with van der Waals surface area (Å²) < 4.78 is 31.7. The molecule has 1 atom stereocenters. The third-order valence-electron chi connectivity index (χ3n) is 5.38. The van der Waals surface area contributed by atoms with Crippen molar-refractivity contribution in [2.24, 2.45) is 0 Å². The van der Waals surface area contributed by atoms with Gasteiger partial charge < -0.3 is 14.7 Å². The molecule has 10 heteroatoms. The number of hydrogen-bond acceptors (Lipinski definition) is 6. The standard InChI is InChI=1S/C23H25BrN2O6S/c1-25(2)33(30,31)18-11-7-16(8-12-18)21(27)19-20(15-5-9-17(24)10-6-15)26(13-4-14-32-3)23(29)22(19)28/h5-12,20,27H,4,13-14H2,1-3H3/b21-19-. The number of sulfonamides is 1. The molecule has 3 rings (SSSR count). The lowest BCUT2D eigenvalue weighted by atomic mass is 9.95. The smallest absolute Gasteiger partial charge is 0.295 e. The maximum atomic E-state index is 13.0. The largest absolute Gasteiger partial charge is 0.507 e. The topological polar surface area (TPSA) is 104 Å². The van der Waals surface area contributed by atoms with E-state index in [9.17, 15) is 23.1 Å². The van der Waals surface area contributed by atoms with Crippen LogP contribution in [0, 0.1) is 0 Å².